The van der Waals surface area contributed by atoms with Gasteiger partial charge in [0.25, 0.3) is 0 Å². The maximum absolute atomic E-state index is 12.2. The Labute approximate surface area is 119 Å². The second-order valence-electron chi connectivity index (χ2n) is 4.87. The quantitative estimate of drug-likeness (QED) is 0.610. The molecule has 0 aromatic heterocycles. The molecule has 1 saturated heterocycles. The predicted octanol–water partition coefficient (Wildman–Crippen LogP) is 2.15. The Kier molecular flexibility index (Phi) is 4.93. The molecule has 0 saturated carbocycles. The molecule has 1 amide bonds. The van der Waals surface area contributed by atoms with Gasteiger partial charge < -0.3 is 9.64 Å². The van der Waals surface area contributed by atoms with E-state index in [9.17, 15) is 9.59 Å². The van der Waals surface area contributed by atoms with Crippen LogP contribution in [0.15, 0.2) is 42.5 Å². The lowest BCUT2D eigenvalue weighted by molar-refractivity contribution is -0.139. The first kappa shape index (κ1) is 14.3. The maximum Gasteiger partial charge on any atom is 0.302 e. The van der Waals surface area contributed by atoms with E-state index in [0.29, 0.717) is 6.54 Å². The molecule has 0 spiro atoms. The summed E-state index contributed by atoms with van der Waals surface area (Å²) in [7, 11) is 0. The number of hydrogen-bond donors (Lipinski definition) is 0. The van der Waals surface area contributed by atoms with Gasteiger partial charge in [-0.2, -0.15) is 0 Å². The fourth-order valence-electron chi connectivity index (χ4n) is 2.29. The van der Waals surface area contributed by atoms with E-state index < -0.39 is 0 Å². The number of carbonyl (C=O) groups excluding carboxylic acids is 2. The highest BCUT2D eigenvalue weighted by Gasteiger charge is 2.29. The standard InChI is InChI=1S/C16H19NO3/c1-13(18)20-11-5-8-15-9-10-17(16(15)19)12-14-6-3-2-4-7-14/h2-8,15H,9-12H2,1H3/b8-5+. The first-order valence-corrected chi connectivity index (χ1v) is 6.79. The molecule has 0 bridgehead atoms. The van der Waals surface area contributed by atoms with Gasteiger partial charge >= 0.3 is 5.97 Å². The summed E-state index contributed by atoms with van der Waals surface area (Å²) in [6.45, 7) is 3.04. The Morgan fingerprint density at radius 3 is 2.85 bits per heavy atom. The number of hydrogen-bond acceptors (Lipinski definition) is 3. The van der Waals surface area contributed by atoms with Gasteiger partial charge in [0.2, 0.25) is 5.91 Å². The SMILES string of the molecule is CC(=O)OC/C=C/C1CCN(Cc2ccccc2)C1=O. The van der Waals surface area contributed by atoms with Crippen LogP contribution in [-0.4, -0.2) is 29.9 Å². The molecule has 1 aliphatic heterocycles. The summed E-state index contributed by atoms with van der Waals surface area (Å²) in [5, 5.41) is 0. The van der Waals surface area contributed by atoms with Gasteiger partial charge in [0.05, 0.1) is 5.92 Å². The number of benzene rings is 1. The van der Waals surface area contributed by atoms with Crippen molar-refractivity contribution in [2.24, 2.45) is 5.92 Å². The zero-order chi connectivity index (χ0) is 14.4. The van der Waals surface area contributed by atoms with Gasteiger partial charge in [-0.05, 0) is 12.0 Å². The van der Waals surface area contributed by atoms with Gasteiger partial charge in [-0.3, -0.25) is 9.59 Å². The molecule has 2 rings (SSSR count). The molecule has 1 aromatic rings. The van der Waals surface area contributed by atoms with E-state index in [1.807, 2.05) is 41.3 Å². The topological polar surface area (TPSA) is 46.6 Å². The molecule has 106 valence electrons. The van der Waals surface area contributed by atoms with Gasteiger partial charge in [0.15, 0.2) is 0 Å². The third kappa shape index (κ3) is 3.95. The van der Waals surface area contributed by atoms with Crippen molar-refractivity contribution in [1.29, 1.82) is 0 Å². The van der Waals surface area contributed by atoms with E-state index in [2.05, 4.69) is 0 Å². The molecule has 0 aliphatic carbocycles. The summed E-state index contributed by atoms with van der Waals surface area (Å²) in [5.41, 5.74) is 1.14. The van der Waals surface area contributed by atoms with Crippen LogP contribution in [0.3, 0.4) is 0 Å². The third-order valence-corrected chi connectivity index (χ3v) is 3.31. The largest absolute Gasteiger partial charge is 0.462 e. The summed E-state index contributed by atoms with van der Waals surface area (Å²) >= 11 is 0. The van der Waals surface area contributed by atoms with Crippen molar-refractivity contribution in [3.05, 3.63) is 48.0 Å². The van der Waals surface area contributed by atoms with Crippen LogP contribution >= 0.6 is 0 Å². The number of likely N-dealkylation sites (tertiary alicyclic amines) is 1. The van der Waals surface area contributed by atoms with Crippen LogP contribution in [0.25, 0.3) is 0 Å². The normalized spacial score (nSPS) is 18.8. The lowest BCUT2D eigenvalue weighted by atomic mass is 10.1. The molecular formula is C16H19NO3. The summed E-state index contributed by atoms with van der Waals surface area (Å²) < 4.78 is 4.81. The van der Waals surface area contributed by atoms with E-state index in [-0.39, 0.29) is 24.4 Å². The van der Waals surface area contributed by atoms with E-state index >= 15 is 0 Å². The second-order valence-corrected chi connectivity index (χ2v) is 4.87. The zero-order valence-corrected chi connectivity index (χ0v) is 11.6. The molecule has 0 radical (unpaired) electrons. The van der Waals surface area contributed by atoms with Crippen molar-refractivity contribution < 1.29 is 14.3 Å². The minimum atomic E-state index is -0.307. The van der Waals surface area contributed by atoms with Crippen LogP contribution in [0, 0.1) is 5.92 Å². The molecule has 1 atom stereocenters. The smallest absolute Gasteiger partial charge is 0.302 e. The van der Waals surface area contributed by atoms with Crippen molar-refractivity contribution in [1.82, 2.24) is 4.90 Å². The lowest BCUT2D eigenvalue weighted by Crippen LogP contribution is -2.26. The number of rotatable bonds is 5. The highest BCUT2D eigenvalue weighted by molar-refractivity contribution is 5.82. The van der Waals surface area contributed by atoms with Crippen LogP contribution in [0.1, 0.15) is 18.9 Å². The third-order valence-electron chi connectivity index (χ3n) is 3.31. The van der Waals surface area contributed by atoms with Crippen molar-refractivity contribution in [3.63, 3.8) is 0 Å². The molecule has 4 nitrogen and oxygen atoms in total. The molecule has 1 aromatic carbocycles. The minimum absolute atomic E-state index is 0.0886. The summed E-state index contributed by atoms with van der Waals surface area (Å²) in [6.07, 6.45) is 4.41. The van der Waals surface area contributed by atoms with Crippen LogP contribution < -0.4 is 0 Å². The molecule has 1 unspecified atom stereocenters. The first-order chi connectivity index (χ1) is 9.66. The van der Waals surface area contributed by atoms with Crippen LogP contribution in [-0.2, 0) is 20.9 Å². The highest BCUT2D eigenvalue weighted by atomic mass is 16.5. The summed E-state index contributed by atoms with van der Waals surface area (Å²) in [4.78, 5) is 24.7. The average Bonchev–Trinajstić information content (AvgIpc) is 2.77. The maximum atomic E-state index is 12.2. The first-order valence-electron chi connectivity index (χ1n) is 6.79. The molecular weight excluding hydrogens is 254 g/mol. The number of esters is 1. The van der Waals surface area contributed by atoms with Crippen LogP contribution in [0.5, 0.6) is 0 Å². The van der Waals surface area contributed by atoms with Crippen LogP contribution in [0.4, 0.5) is 0 Å². The zero-order valence-electron chi connectivity index (χ0n) is 11.6. The van der Waals surface area contributed by atoms with Crippen molar-refractivity contribution in [2.75, 3.05) is 13.2 Å². The summed E-state index contributed by atoms with van der Waals surface area (Å²) in [5.74, 6) is -0.250. The average molecular weight is 273 g/mol. The Hall–Kier alpha value is -2.10. The fourth-order valence-corrected chi connectivity index (χ4v) is 2.29. The Balaban J connectivity index is 1.84. The van der Waals surface area contributed by atoms with Gasteiger partial charge in [-0.25, -0.2) is 0 Å². The van der Waals surface area contributed by atoms with Gasteiger partial charge in [0, 0.05) is 20.0 Å². The van der Waals surface area contributed by atoms with Gasteiger partial charge in [-0.15, -0.1) is 0 Å². The van der Waals surface area contributed by atoms with Gasteiger partial charge in [0.1, 0.15) is 6.61 Å². The van der Waals surface area contributed by atoms with Gasteiger partial charge in [-0.1, -0.05) is 42.5 Å². The molecule has 1 heterocycles. The fraction of sp³-hybridized carbons (Fsp3) is 0.375. The van der Waals surface area contributed by atoms with E-state index in [0.717, 1.165) is 18.5 Å². The lowest BCUT2D eigenvalue weighted by Gasteiger charge is -2.16. The van der Waals surface area contributed by atoms with E-state index in [1.54, 1.807) is 6.08 Å². The molecule has 20 heavy (non-hydrogen) atoms. The Morgan fingerprint density at radius 1 is 1.40 bits per heavy atom. The number of nitrogens with zero attached hydrogens (tertiary/aromatic N) is 1. The number of ether oxygens (including phenoxy) is 1. The second kappa shape index (κ2) is 6.89. The monoisotopic (exact) mass is 273 g/mol. The summed E-state index contributed by atoms with van der Waals surface area (Å²) in [6, 6.07) is 9.98. The highest BCUT2D eigenvalue weighted by Crippen LogP contribution is 2.21. The predicted molar refractivity (Wildman–Crippen MR) is 75.7 cm³/mol. The van der Waals surface area contributed by atoms with Crippen molar-refractivity contribution in [2.45, 2.75) is 19.9 Å². The minimum Gasteiger partial charge on any atom is -0.462 e. The molecule has 0 N–H and O–H groups in total. The Bertz CT molecular complexity index is 496. The number of carbonyl (C=O) groups is 2. The van der Waals surface area contributed by atoms with E-state index in [4.69, 9.17) is 4.74 Å². The van der Waals surface area contributed by atoms with Crippen molar-refractivity contribution >= 4 is 11.9 Å². The molecule has 1 aliphatic rings. The number of amides is 1. The molecule has 1 fully saturated rings. The van der Waals surface area contributed by atoms with Crippen LogP contribution in [0.2, 0.25) is 0 Å². The molecule has 4 heteroatoms. The van der Waals surface area contributed by atoms with Crippen molar-refractivity contribution in [3.8, 4) is 0 Å². The Morgan fingerprint density at radius 2 is 2.15 bits per heavy atom. The van der Waals surface area contributed by atoms with E-state index in [1.165, 1.54) is 6.92 Å².